The van der Waals surface area contributed by atoms with Crippen LogP contribution in [0.1, 0.15) is 24.0 Å². The van der Waals surface area contributed by atoms with Crippen LogP contribution in [0.25, 0.3) is 0 Å². The Kier molecular flexibility index (Phi) is 13.4. The number of hydrogen-bond donors (Lipinski definition) is 3. The largest absolute Gasteiger partial charge is 0.356 e. The lowest BCUT2D eigenvalue weighted by atomic mass is 10.1. The summed E-state index contributed by atoms with van der Waals surface area (Å²) in [6, 6.07) is 7.54. The van der Waals surface area contributed by atoms with Gasteiger partial charge < -0.3 is 10.6 Å². The zero-order chi connectivity index (χ0) is 17.8. The summed E-state index contributed by atoms with van der Waals surface area (Å²) >= 11 is 1.86. The van der Waals surface area contributed by atoms with E-state index in [1.54, 1.807) is 7.05 Å². The number of nitrogens with zero attached hydrogens (tertiary/aromatic N) is 1. The molecule has 0 aliphatic heterocycles. The van der Waals surface area contributed by atoms with Crippen LogP contribution in [0.15, 0.2) is 29.3 Å². The summed E-state index contributed by atoms with van der Waals surface area (Å²) in [5, 5.41) is 6.55. The molecule has 0 spiro atoms. The van der Waals surface area contributed by atoms with Gasteiger partial charge in [0.25, 0.3) is 0 Å². The highest BCUT2D eigenvalue weighted by Gasteiger charge is 2.08. The molecule has 25 heavy (non-hydrogen) atoms. The minimum atomic E-state index is -3.23. The number of benzene rings is 1. The lowest BCUT2D eigenvalue weighted by molar-refractivity contribution is 0.587. The van der Waals surface area contributed by atoms with Crippen molar-refractivity contribution in [1.29, 1.82) is 0 Å². The first-order chi connectivity index (χ1) is 11.5. The van der Waals surface area contributed by atoms with E-state index in [0.717, 1.165) is 30.1 Å². The molecule has 3 N–H and O–H groups in total. The molecule has 1 rings (SSSR count). The molecule has 0 saturated carbocycles. The third-order valence-corrected chi connectivity index (χ3v) is 5.47. The van der Waals surface area contributed by atoms with Crippen molar-refractivity contribution >= 4 is 51.7 Å². The fourth-order valence-electron chi connectivity index (χ4n) is 2.03. The monoisotopic (exact) mass is 500 g/mol. The Morgan fingerprint density at radius 2 is 1.76 bits per heavy atom. The Morgan fingerprint density at radius 3 is 2.32 bits per heavy atom. The molecule has 0 heterocycles. The van der Waals surface area contributed by atoms with E-state index in [4.69, 9.17) is 0 Å². The second-order valence-electron chi connectivity index (χ2n) is 5.33. The zero-order valence-corrected chi connectivity index (χ0v) is 19.0. The maximum absolute atomic E-state index is 11.5. The molecule has 0 fully saturated rings. The molecule has 1 aromatic carbocycles. The summed E-state index contributed by atoms with van der Waals surface area (Å²) in [5.41, 5.74) is 1.84. The summed E-state index contributed by atoms with van der Waals surface area (Å²) in [5.74, 6) is 1.96. The Labute approximate surface area is 173 Å². The van der Waals surface area contributed by atoms with Crippen molar-refractivity contribution in [3.8, 4) is 0 Å². The van der Waals surface area contributed by atoms with Crippen LogP contribution in [0, 0.1) is 0 Å². The van der Waals surface area contributed by atoms with Crippen molar-refractivity contribution in [2.24, 2.45) is 4.99 Å². The first-order valence-corrected chi connectivity index (χ1v) is 11.0. The van der Waals surface area contributed by atoms with Crippen molar-refractivity contribution in [1.82, 2.24) is 15.4 Å². The average Bonchev–Trinajstić information content (AvgIpc) is 2.58. The predicted molar refractivity (Wildman–Crippen MR) is 119 cm³/mol. The Bertz CT molecular complexity index is 607. The maximum Gasteiger partial charge on any atom is 0.215 e. The molecule has 1 aromatic rings. The van der Waals surface area contributed by atoms with Crippen LogP contribution < -0.4 is 15.4 Å². The van der Waals surface area contributed by atoms with Crippen LogP contribution in [0.4, 0.5) is 0 Å². The SMILES string of the molecule is CN=C(NCCCCSC)NCc1ccc(CS(=O)(=O)NC)cc1.I. The number of halogens is 1. The lowest BCUT2D eigenvalue weighted by Gasteiger charge is -2.12. The highest BCUT2D eigenvalue weighted by atomic mass is 127. The lowest BCUT2D eigenvalue weighted by Crippen LogP contribution is -2.37. The number of sulfonamides is 1. The Balaban J connectivity index is 0.00000576. The molecular weight excluding hydrogens is 471 g/mol. The summed E-state index contributed by atoms with van der Waals surface area (Å²) < 4.78 is 25.4. The van der Waals surface area contributed by atoms with Crippen molar-refractivity contribution in [2.45, 2.75) is 25.1 Å². The highest BCUT2D eigenvalue weighted by molar-refractivity contribution is 14.0. The molecule has 0 aliphatic rings. The van der Waals surface area contributed by atoms with Crippen molar-refractivity contribution in [2.75, 3.05) is 32.6 Å². The summed E-state index contributed by atoms with van der Waals surface area (Å²) in [7, 11) is -0.0516. The molecule has 0 amide bonds. The molecule has 144 valence electrons. The molecular formula is C16H29IN4O2S2. The molecule has 0 bridgehead atoms. The van der Waals surface area contributed by atoms with Crippen LogP contribution in [-0.2, 0) is 22.3 Å². The molecule has 0 saturated heterocycles. The molecule has 6 nitrogen and oxygen atoms in total. The highest BCUT2D eigenvalue weighted by Crippen LogP contribution is 2.07. The molecule has 0 aliphatic carbocycles. The van der Waals surface area contributed by atoms with Crippen LogP contribution in [0.5, 0.6) is 0 Å². The van der Waals surface area contributed by atoms with Gasteiger partial charge in [-0.2, -0.15) is 11.8 Å². The third-order valence-electron chi connectivity index (χ3n) is 3.44. The van der Waals surface area contributed by atoms with Crippen LogP contribution in [0.2, 0.25) is 0 Å². The Morgan fingerprint density at radius 1 is 1.12 bits per heavy atom. The second kappa shape index (κ2) is 13.7. The van der Waals surface area contributed by atoms with Gasteiger partial charge in [0.1, 0.15) is 0 Å². The van der Waals surface area contributed by atoms with E-state index in [1.165, 1.54) is 19.2 Å². The molecule has 0 radical (unpaired) electrons. The van der Waals surface area contributed by atoms with Gasteiger partial charge in [0, 0.05) is 20.1 Å². The Hall–Kier alpha value is -0.520. The first kappa shape index (κ1) is 24.5. The van der Waals surface area contributed by atoms with Crippen molar-refractivity contribution in [3.63, 3.8) is 0 Å². The minimum Gasteiger partial charge on any atom is -0.356 e. The number of aliphatic imine (C=N–C) groups is 1. The van der Waals surface area contributed by atoms with E-state index in [0.29, 0.717) is 6.54 Å². The fourth-order valence-corrected chi connectivity index (χ4v) is 3.30. The zero-order valence-electron chi connectivity index (χ0n) is 15.0. The molecule has 0 aromatic heterocycles. The van der Waals surface area contributed by atoms with E-state index in [9.17, 15) is 8.42 Å². The van der Waals surface area contributed by atoms with Gasteiger partial charge in [0.15, 0.2) is 5.96 Å². The predicted octanol–water partition coefficient (Wildman–Crippen LogP) is 2.16. The molecule has 9 heteroatoms. The number of unbranched alkanes of at least 4 members (excludes halogenated alkanes) is 1. The van der Waals surface area contributed by atoms with E-state index in [-0.39, 0.29) is 29.7 Å². The van der Waals surface area contributed by atoms with Gasteiger partial charge in [-0.15, -0.1) is 24.0 Å². The average molecular weight is 500 g/mol. The quantitative estimate of drug-likeness (QED) is 0.199. The van der Waals surface area contributed by atoms with E-state index < -0.39 is 10.0 Å². The topological polar surface area (TPSA) is 82.6 Å². The van der Waals surface area contributed by atoms with E-state index in [2.05, 4.69) is 26.6 Å². The standard InChI is InChI=1S/C16H28N4O2S2.HI/c1-17-16(19-10-4-5-11-23-3)20-12-14-6-8-15(9-7-14)13-24(21,22)18-2;/h6-9,18H,4-5,10-13H2,1-3H3,(H2,17,19,20);1H. The summed E-state index contributed by atoms with van der Waals surface area (Å²) in [4.78, 5) is 4.20. The summed E-state index contributed by atoms with van der Waals surface area (Å²) in [6.45, 7) is 1.55. The number of nitrogens with one attached hydrogen (secondary N) is 3. The van der Waals surface area contributed by atoms with Gasteiger partial charge in [-0.1, -0.05) is 24.3 Å². The van der Waals surface area contributed by atoms with Gasteiger partial charge >= 0.3 is 0 Å². The van der Waals surface area contributed by atoms with Crippen LogP contribution in [-0.4, -0.2) is 47.0 Å². The number of guanidine groups is 1. The van der Waals surface area contributed by atoms with Gasteiger partial charge in [-0.3, -0.25) is 4.99 Å². The van der Waals surface area contributed by atoms with E-state index >= 15 is 0 Å². The van der Waals surface area contributed by atoms with Crippen molar-refractivity contribution < 1.29 is 8.42 Å². The van der Waals surface area contributed by atoms with Crippen LogP contribution >= 0.6 is 35.7 Å². The minimum absolute atomic E-state index is 0. The van der Waals surface area contributed by atoms with E-state index in [1.807, 2.05) is 36.0 Å². The second-order valence-corrected chi connectivity index (χ2v) is 8.24. The smallest absolute Gasteiger partial charge is 0.215 e. The normalized spacial score (nSPS) is 11.7. The number of hydrogen-bond acceptors (Lipinski definition) is 4. The van der Waals surface area contributed by atoms with Gasteiger partial charge in [-0.05, 0) is 43.0 Å². The van der Waals surface area contributed by atoms with Crippen molar-refractivity contribution in [3.05, 3.63) is 35.4 Å². The van der Waals surface area contributed by atoms with Gasteiger partial charge in [0.05, 0.1) is 5.75 Å². The van der Waals surface area contributed by atoms with Crippen LogP contribution in [0.3, 0.4) is 0 Å². The third kappa shape index (κ3) is 10.9. The maximum atomic E-state index is 11.5. The number of thioether (sulfide) groups is 1. The molecule has 0 unspecified atom stereocenters. The summed E-state index contributed by atoms with van der Waals surface area (Å²) in [6.07, 6.45) is 4.44. The van der Waals surface area contributed by atoms with Gasteiger partial charge in [0.2, 0.25) is 10.0 Å². The first-order valence-electron chi connectivity index (χ1n) is 7.93. The fraction of sp³-hybridized carbons (Fsp3) is 0.562. The van der Waals surface area contributed by atoms with Gasteiger partial charge in [-0.25, -0.2) is 13.1 Å². The molecule has 0 atom stereocenters. The number of rotatable bonds is 10.